The van der Waals surface area contributed by atoms with Crippen molar-refractivity contribution < 1.29 is 0 Å². The van der Waals surface area contributed by atoms with E-state index in [0.717, 1.165) is 19.3 Å². The van der Waals surface area contributed by atoms with Gasteiger partial charge >= 0.3 is 0 Å². The molecule has 1 aliphatic rings. The number of allylic oxidation sites excluding steroid dienone is 8. The van der Waals surface area contributed by atoms with Gasteiger partial charge in [-0.25, -0.2) is 0 Å². The van der Waals surface area contributed by atoms with Gasteiger partial charge in [-0.3, -0.25) is 0 Å². The highest BCUT2D eigenvalue weighted by molar-refractivity contribution is 5.07. The Morgan fingerprint density at radius 1 is 0.909 bits per heavy atom. The third-order valence-corrected chi connectivity index (χ3v) is 1.47. The van der Waals surface area contributed by atoms with Crippen LogP contribution in [0.1, 0.15) is 19.3 Å². The van der Waals surface area contributed by atoms with Crippen molar-refractivity contribution in [3.8, 4) is 0 Å². The summed E-state index contributed by atoms with van der Waals surface area (Å²) in [6.45, 7) is 0. The van der Waals surface area contributed by atoms with E-state index in [2.05, 4.69) is 36.5 Å². The highest BCUT2D eigenvalue weighted by Crippen LogP contribution is 1.96. The number of hydrogen-bond acceptors (Lipinski definition) is 0. The summed E-state index contributed by atoms with van der Waals surface area (Å²) >= 11 is 0. The molecule has 1 radical (unpaired) electrons. The van der Waals surface area contributed by atoms with Crippen molar-refractivity contribution in [2.24, 2.45) is 0 Å². The van der Waals surface area contributed by atoms with E-state index < -0.39 is 0 Å². The minimum Gasteiger partial charge on any atom is -0.0842 e. The normalized spacial score (nSPS) is 29.8. The van der Waals surface area contributed by atoms with Gasteiger partial charge in [-0.15, -0.1) is 0 Å². The fraction of sp³-hybridized carbons (Fsp3) is 0.273. The molecular formula is C11H13. The van der Waals surface area contributed by atoms with E-state index in [0.29, 0.717) is 0 Å². The third kappa shape index (κ3) is 4.38. The van der Waals surface area contributed by atoms with Crippen LogP contribution in [0.15, 0.2) is 42.5 Å². The van der Waals surface area contributed by atoms with E-state index in [4.69, 9.17) is 0 Å². The van der Waals surface area contributed by atoms with Crippen LogP contribution >= 0.6 is 0 Å². The molecule has 0 bridgehead atoms. The summed E-state index contributed by atoms with van der Waals surface area (Å²) in [6, 6.07) is 0. The van der Waals surface area contributed by atoms with E-state index in [1.807, 2.05) is 12.2 Å². The van der Waals surface area contributed by atoms with Crippen molar-refractivity contribution in [3.63, 3.8) is 0 Å². The molecule has 0 heterocycles. The van der Waals surface area contributed by atoms with Gasteiger partial charge in [0.25, 0.3) is 0 Å². The second-order valence-corrected chi connectivity index (χ2v) is 2.44. The molecule has 0 aromatic rings. The Labute approximate surface area is 68.6 Å². The lowest BCUT2D eigenvalue weighted by Gasteiger charge is -1.82. The smallest absolute Gasteiger partial charge is 0.0157 e. The highest BCUT2D eigenvalue weighted by atomic mass is 13.8. The van der Waals surface area contributed by atoms with Gasteiger partial charge in [0, 0.05) is 0 Å². The van der Waals surface area contributed by atoms with Crippen molar-refractivity contribution >= 4 is 0 Å². The average molecular weight is 145 g/mol. The molecule has 0 atom stereocenters. The van der Waals surface area contributed by atoms with Crippen molar-refractivity contribution in [1.29, 1.82) is 0 Å². The maximum Gasteiger partial charge on any atom is -0.0157 e. The Bertz CT molecular complexity index is 170. The van der Waals surface area contributed by atoms with Crippen LogP contribution in [0.4, 0.5) is 0 Å². The Morgan fingerprint density at radius 3 is 2.73 bits per heavy atom. The second kappa shape index (κ2) is 5.72. The maximum absolute atomic E-state index is 3.10. The molecule has 1 rings (SSSR count). The molecule has 0 saturated carbocycles. The first kappa shape index (κ1) is 8.06. The predicted octanol–water partition coefficient (Wildman–Crippen LogP) is 3.20. The molecule has 0 heteroatoms. The minimum atomic E-state index is 0.981. The number of rotatable bonds is 0. The first-order valence-corrected chi connectivity index (χ1v) is 4.04. The quantitative estimate of drug-likeness (QED) is 0.491. The van der Waals surface area contributed by atoms with Crippen molar-refractivity contribution in [2.45, 2.75) is 19.3 Å². The lowest BCUT2D eigenvalue weighted by Crippen LogP contribution is -1.62. The van der Waals surface area contributed by atoms with Crippen molar-refractivity contribution in [3.05, 3.63) is 48.6 Å². The molecule has 57 valence electrons. The third-order valence-electron chi connectivity index (χ3n) is 1.47. The van der Waals surface area contributed by atoms with Crippen molar-refractivity contribution in [1.82, 2.24) is 0 Å². The monoisotopic (exact) mass is 145 g/mol. The zero-order valence-corrected chi connectivity index (χ0v) is 6.66. The first-order valence-electron chi connectivity index (χ1n) is 4.04. The summed E-state index contributed by atoms with van der Waals surface area (Å²) in [4.78, 5) is 0. The van der Waals surface area contributed by atoms with E-state index in [1.165, 1.54) is 0 Å². The molecule has 11 heavy (non-hydrogen) atoms. The highest BCUT2D eigenvalue weighted by Gasteiger charge is 1.76. The molecule has 0 aromatic carbocycles. The van der Waals surface area contributed by atoms with Crippen LogP contribution in [0.2, 0.25) is 0 Å². The van der Waals surface area contributed by atoms with Gasteiger partial charge in [-0.1, -0.05) is 42.5 Å². The molecule has 0 amide bonds. The summed E-state index contributed by atoms with van der Waals surface area (Å²) in [6.07, 6.45) is 21.0. The molecular weight excluding hydrogens is 132 g/mol. The molecule has 0 fully saturated rings. The van der Waals surface area contributed by atoms with E-state index >= 15 is 0 Å². The zero-order valence-electron chi connectivity index (χ0n) is 6.66. The van der Waals surface area contributed by atoms with E-state index in [9.17, 15) is 0 Å². The van der Waals surface area contributed by atoms with Gasteiger partial charge in [0.05, 0.1) is 0 Å². The molecule has 0 unspecified atom stereocenters. The van der Waals surface area contributed by atoms with Gasteiger partial charge in [0.15, 0.2) is 0 Å². The topological polar surface area (TPSA) is 0 Å². The standard InChI is InChI=1S/C11H13/c1-2-4-6-8-10-11-9-7-5-3-1/h1-4,7,10-11H,5-6,8H2/b3-1-,4-2-,9-7?,11-10-. The molecule has 0 spiro atoms. The van der Waals surface area contributed by atoms with Crippen LogP contribution in [-0.2, 0) is 0 Å². The van der Waals surface area contributed by atoms with Crippen LogP contribution in [0.5, 0.6) is 0 Å². The molecule has 0 aromatic heterocycles. The number of hydrogen-bond donors (Lipinski definition) is 0. The molecule has 0 nitrogen and oxygen atoms in total. The molecule has 1 aliphatic carbocycles. The lowest BCUT2D eigenvalue weighted by molar-refractivity contribution is 1.05. The van der Waals surface area contributed by atoms with Crippen molar-refractivity contribution in [2.75, 3.05) is 0 Å². The summed E-state index contributed by atoms with van der Waals surface area (Å²) in [5, 5.41) is 0. The lowest BCUT2D eigenvalue weighted by atomic mass is 10.2. The SMILES string of the molecule is [C]1=C\C/C=C\C=C/CC\C=C/1. The summed E-state index contributed by atoms with van der Waals surface area (Å²) in [7, 11) is 0. The van der Waals surface area contributed by atoms with Crippen LogP contribution in [-0.4, -0.2) is 0 Å². The molecule has 0 saturated heterocycles. The molecule has 0 aliphatic heterocycles. The summed E-state index contributed by atoms with van der Waals surface area (Å²) in [5.41, 5.74) is 0. The fourth-order valence-electron chi connectivity index (χ4n) is 0.880. The largest absolute Gasteiger partial charge is 0.0842 e. The van der Waals surface area contributed by atoms with E-state index in [1.54, 1.807) is 0 Å². The van der Waals surface area contributed by atoms with Crippen LogP contribution < -0.4 is 0 Å². The second-order valence-electron chi connectivity index (χ2n) is 2.44. The summed E-state index contributed by atoms with van der Waals surface area (Å²) in [5.74, 6) is 0. The maximum atomic E-state index is 3.10. The molecule has 0 N–H and O–H groups in total. The van der Waals surface area contributed by atoms with Gasteiger partial charge in [0.1, 0.15) is 0 Å². The Morgan fingerprint density at radius 2 is 1.73 bits per heavy atom. The van der Waals surface area contributed by atoms with E-state index in [-0.39, 0.29) is 0 Å². The van der Waals surface area contributed by atoms with Crippen LogP contribution in [0.3, 0.4) is 0 Å². The first-order chi connectivity index (χ1) is 5.50. The zero-order chi connectivity index (χ0) is 7.78. The Kier molecular flexibility index (Phi) is 4.19. The van der Waals surface area contributed by atoms with Gasteiger partial charge < -0.3 is 0 Å². The predicted molar refractivity (Wildman–Crippen MR) is 49.1 cm³/mol. The summed E-state index contributed by atoms with van der Waals surface area (Å²) < 4.78 is 0. The fourth-order valence-corrected chi connectivity index (χ4v) is 0.880. The van der Waals surface area contributed by atoms with Crippen LogP contribution in [0, 0.1) is 6.08 Å². The van der Waals surface area contributed by atoms with Crippen LogP contribution in [0.25, 0.3) is 0 Å². The average Bonchev–Trinajstić information content (AvgIpc) is 2.08. The Hall–Kier alpha value is -1.04. The van der Waals surface area contributed by atoms with Gasteiger partial charge in [-0.2, -0.15) is 0 Å². The van der Waals surface area contributed by atoms with Gasteiger partial charge in [0.2, 0.25) is 0 Å². The minimum absolute atomic E-state index is 0.981. The van der Waals surface area contributed by atoms with Gasteiger partial charge in [-0.05, 0) is 25.3 Å². The Balaban J connectivity index is 2.47.